The molecule has 22 heavy (non-hydrogen) atoms. The lowest BCUT2D eigenvalue weighted by atomic mass is 9.99. The highest BCUT2D eigenvalue weighted by Crippen LogP contribution is 2.29. The Labute approximate surface area is 146 Å². The Balaban J connectivity index is 0.00000121. The molecule has 0 aromatic carbocycles. The Morgan fingerprint density at radius 1 is 1.41 bits per heavy atom. The summed E-state index contributed by atoms with van der Waals surface area (Å²) in [6.45, 7) is 5.17. The van der Waals surface area contributed by atoms with E-state index >= 15 is 0 Å². The largest absolute Gasteiger partial charge is 0.338 e. The van der Waals surface area contributed by atoms with Gasteiger partial charge in [0.15, 0.2) is 5.82 Å². The highest BCUT2D eigenvalue weighted by Gasteiger charge is 2.24. The van der Waals surface area contributed by atoms with Crippen molar-refractivity contribution in [3.63, 3.8) is 0 Å². The van der Waals surface area contributed by atoms with Crippen molar-refractivity contribution in [1.82, 2.24) is 20.0 Å². The third kappa shape index (κ3) is 4.63. The number of hydrogen-bond acceptors (Lipinski definition) is 7. The number of piperidine rings is 1. The molecule has 9 heteroatoms. The average Bonchev–Trinajstić information content (AvgIpc) is 3.08. The van der Waals surface area contributed by atoms with Crippen LogP contribution in [0.25, 0.3) is 0 Å². The van der Waals surface area contributed by atoms with Crippen molar-refractivity contribution in [3.8, 4) is 0 Å². The van der Waals surface area contributed by atoms with Crippen molar-refractivity contribution in [1.29, 1.82) is 0 Å². The Morgan fingerprint density at radius 2 is 2.23 bits per heavy atom. The van der Waals surface area contributed by atoms with Crippen LogP contribution in [0.2, 0.25) is 0 Å². The number of thiazole rings is 1. The monoisotopic (exact) mass is 365 g/mol. The molecule has 1 atom stereocenters. The van der Waals surface area contributed by atoms with Gasteiger partial charge in [-0.1, -0.05) is 5.16 Å². The molecular weight excluding hydrogens is 345 g/mol. The smallest absolute Gasteiger partial charge is 0.240 e. The number of aryl methyl sites for hydroxylation is 1. The van der Waals surface area contributed by atoms with Crippen LogP contribution in [0.4, 0.5) is 0 Å². The zero-order valence-electron chi connectivity index (χ0n) is 12.4. The SMILES string of the molecule is Cc1csc(C2CCCN(Cc3noc(CN)n3)C2)n1.Cl.Cl. The van der Waals surface area contributed by atoms with Crippen molar-refractivity contribution in [2.45, 2.75) is 38.8 Å². The summed E-state index contributed by atoms with van der Waals surface area (Å²) in [5.74, 6) is 1.76. The van der Waals surface area contributed by atoms with Gasteiger partial charge in [0.25, 0.3) is 0 Å². The molecule has 0 spiro atoms. The van der Waals surface area contributed by atoms with Crippen LogP contribution >= 0.6 is 36.2 Å². The Bertz CT molecular complexity index is 576. The number of halogens is 2. The highest BCUT2D eigenvalue weighted by atomic mass is 35.5. The Morgan fingerprint density at radius 3 is 2.86 bits per heavy atom. The number of nitrogens with zero attached hydrogens (tertiary/aromatic N) is 4. The molecule has 1 saturated heterocycles. The molecule has 0 bridgehead atoms. The molecule has 0 aliphatic carbocycles. The van der Waals surface area contributed by atoms with Crippen molar-refractivity contribution < 1.29 is 4.52 Å². The second-order valence-electron chi connectivity index (χ2n) is 5.21. The molecule has 0 saturated carbocycles. The number of nitrogens with two attached hydrogens (primary N) is 1. The second-order valence-corrected chi connectivity index (χ2v) is 6.10. The van der Waals surface area contributed by atoms with Crippen molar-refractivity contribution in [3.05, 3.63) is 27.8 Å². The molecule has 1 unspecified atom stereocenters. The van der Waals surface area contributed by atoms with Crippen LogP contribution in [0.1, 0.15) is 41.2 Å². The first-order chi connectivity index (χ1) is 9.74. The summed E-state index contributed by atoms with van der Waals surface area (Å²) in [5.41, 5.74) is 6.60. The highest BCUT2D eigenvalue weighted by molar-refractivity contribution is 7.09. The number of aromatic nitrogens is 3. The summed E-state index contributed by atoms with van der Waals surface area (Å²) < 4.78 is 5.05. The minimum atomic E-state index is 0. The summed E-state index contributed by atoms with van der Waals surface area (Å²) in [4.78, 5) is 11.3. The number of hydrogen-bond donors (Lipinski definition) is 1. The first-order valence-electron chi connectivity index (χ1n) is 6.90. The van der Waals surface area contributed by atoms with Gasteiger partial charge in [0.05, 0.1) is 18.1 Å². The van der Waals surface area contributed by atoms with Crippen LogP contribution < -0.4 is 5.73 Å². The van der Waals surface area contributed by atoms with E-state index < -0.39 is 0 Å². The lowest BCUT2D eigenvalue weighted by molar-refractivity contribution is 0.193. The fourth-order valence-electron chi connectivity index (χ4n) is 2.60. The van der Waals surface area contributed by atoms with E-state index in [1.54, 1.807) is 11.3 Å². The standard InChI is InChI=1S/C13H19N5OS.2ClH/c1-9-8-20-13(15-9)10-3-2-4-18(6-10)7-11-16-12(5-14)19-17-11;;/h8,10H,2-7,14H2,1H3;2*1H. The lowest BCUT2D eigenvalue weighted by Crippen LogP contribution is -2.34. The summed E-state index contributed by atoms with van der Waals surface area (Å²) in [5, 5.41) is 7.34. The van der Waals surface area contributed by atoms with Crippen molar-refractivity contribution in [2.24, 2.45) is 5.73 Å². The molecule has 1 fully saturated rings. The van der Waals surface area contributed by atoms with Gasteiger partial charge in [-0.15, -0.1) is 36.2 Å². The topological polar surface area (TPSA) is 81.1 Å². The van der Waals surface area contributed by atoms with Gasteiger partial charge in [-0.2, -0.15) is 4.98 Å². The quantitative estimate of drug-likeness (QED) is 0.896. The molecule has 0 amide bonds. The fraction of sp³-hybridized carbons (Fsp3) is 0.615. The molecule has 2 aromatic heterocycles. The van der Waals surface area contributed by atoms with E-state index in [9.17, 15) is 0 Å². The molecular formula is C13H21Cl2N5OS. The van der Waals surface area contributed by atoms with Gasteiger partial charge >= 0.3 is 0 Å². The van der Waals surface area contributed by atoms with E-state index in [1.165, 1.54) is 17.8 Å². The fourth-order valence-corrected chi connectivity index (χ4v) is 3.52. The van der Waals surface area contributed by atoms with Gasteiger partial charge in [-0.3, -0.25) is 4.90 Å². The summed E-state index contributed by atoms with van der Waals surface area (Å²) in [6.07, 6.45) is 2.40. The van der Waals surface area contributed by atoms with Gasteiger partial charge in [-0.25, -0.2) is 4.98 Å². The normalized spacial score (nSPS) is 18.5. The van der Waals surface area contributed by atoms with E-state index in [2.05, 4.69) is 25.4 Å². The predicted molar refractivity (Wildman–Crippen MR) is 90.8 cm³/mol. The van der Waals surface area contributed by atoms with E-state index in [1.807, 2.05) is 6.92 Å². The molecule has 6 nitrogen and oxygen atoms in total. The van der Waals surface area contributed by atoms with Crippen LogP contribution in [-0.2, 0) is 13.1 Å². The molecule has 1 aliphatic heterocycles. The van der Waals surface area contributed by atoms with Gasteiger partial charge in [0.2, 0.25) is 5.89 Å². The van der Waals surface area contributed by atoms with E-state index in [-0.39, 0.29) is 24.8 Å². The van der Waals surface area contributed by atoms with Gasteiger partial charge < -0.3 is 10.3 Å². The molecule has 124 valence electrons. The first kappa shape index (κ1) is 19.3. The third-order valence-corrected chi connectivity index (χ3v) is 4.67. The van der Waals surface area contributed by atoms with Gasteiger partial charge in [-0.05, 0) is 26.3 Å². The minimum Gasteiger partial charge on any atom is -0.338 e. The van der Waals surface area contributed by atoms with Gasteiger partial charge in [0, 0.05) is 23.5 Å². The van der Waals surface area contributed by atoms with Crippen LogP contribution in [0.5, 0.6) is 0 Å². The van der Waals surface area contributed by atoms with Crippen LogP contribution in [0, 0.1) is 6.92 Å². The van der Waals surface area contributed by atoms with E-state index in [4.69, 9.17) is 10.3 Å². The van der Waals surface area contributed by atoms with Crippen LogP contribution in [0.3, 0.4) is 0 Å². The maximum atomic E-state index is 5.48. The number of rotatable bonds is 4. The predicted octanol–water partition coefficient (Wildman–Crippen LogP) is 2.52. The van der Waals surface area contributed by atoms with E-state index in [0.717, 1.165) is 31.2 Å². The molecule has 0 radical (unpaired) electrons. The summed E-state index contributed by atoms with van der Waals surface area (Å²) in [6, 6.07) is 0. The molecule has 3 heterocycles. The van der Waals surface area contributed by atoms with Crippen LogP contribution in [0.15, 0.2) is 9.90 Å². The number of likely N-dealkylation sites (tertiary alicyclic amines) is 1. The molecule has 2 N–H and O–H groups in total. The average molecular weight is 366 g/mol. The van der Waals surface area contributed by atoms with Crippen molar-refractivity contribution in [2.75, 3.05) is 13.1 Å². The van der Waals surface area contributed by atoms with Crippen LogP contribution in [-0.4, -0.2) is 33.1 Å². The Hall–Kier alpha value is -0.730. The summed E-state index contributed by atoms with van der Waals surface area (Å²) in [7, 11) is 0. The summed E-state index contributed by atoms with van der Waals surface area (Å²) >= 11 is 1.77. The molecule has 3 rings (SSSR count). The zero-order valence-corrected chi connectivity index (χ0v) is 14.8. The maximum Gasteiger partial charge on any atom is 0.240 e. The minimum absolute atomic E-state index is 0. The lowest BCUT2D eigenvalue weighted by Gasteiger charge is -2.30. The molecule has 2 aromatic rings. The van der Waals surface area contributed by atoms with Gasteiger partial charge in [0.1, 0.15) is 0 Å². The zero-order chi connectivity index (χ0) is 13.9. The maximum absolute atomic E-state index is 5.48. The van der Waals surface area contributed by atoms with E-state index in [0.29, 0.717) is 18.4 Å². The Kier molecular flexibility index (Phi) is 7.71. The first-order valence-corrected chi connectivity index (χ1v) is 7.78. The molecule has 1 aliphatic rings. The van der Waals surface area contributed by atoms with Crippen molar-refractivity contribution >= 4 is 36.2 Å². The second kappa shape index (κ2) is 8.79. The third-order valence-electron chi connectivity index (χ3n) is 3.54.